The minimum Gasteiger partial charge on any atom is -0.351 e. The fourth-order valence-electron chi connectivity index (χ4n) is 1.63. The molecule has 0 bridgehead atoms. The first-order chi connectivity index (χ1) is 7.89. The summed E-state index contributed by atoms with van der Waals surface area (Å²) >= 11 is 0. The van der Waals surface area contributed by atoms with Crippen LogP contribution in [0.15, 0.2) is 24.3 Å². The van der Waals surface area contributed by atoms with Gasteiger partial charge in [0, 0.05) is 12.5 Å². The average molecular weight is 239 g/mol. The van der Waals surface area contributed by atoms with Gasteiger partial charge in [-0.15, -0.1) is 0 Å². The number of amides is 1. The highest BCUT2D eigenvalue weighted by Gasteiger charge is 2.18. The van der Waals surface area contributed by atoms with E-state index in [9.17, 15) is 9.18 Å². The highest BCUT2D eigenvalue weighted by atomic mass is 19.1. The molecular weight excluding hydrogens is 217 g/mol. The molecular formula is C14H22FNO. The van der Waals surface area contributed by atoms with Crippen molar-refractivity contribution in [3.8, 4) is 0 Å². The lowest BCUT2D eigenvalue weighted by molar-refractivity contribution is -0.120. The molecule has 1 aromatic carbocycles. The standard InChI is InChI=1S/C12H16FNO.C2H6/c1-9(15)14-12(2,3)8-10-4-6-11(13)7-5-10;1-2/h4-7H,8H2,1-3H3,(H,14,15);1-2H3. The topological polar surface area (TPSA) is 29.1 Å². The molecule has 0 spiro atoms. The number of nitrogens with one attached hydrogen (secondary N) is 1. The Balaban J connectivity index is 0.00000121. The first-order valence-electron chi connectivity index (χ1n) is 5.92. The average Bonchev–Trinajstić information content (AvgIpc) is 2.22. The van der Waals surface area contributed by atoms with Crippen LogP contribution in [0.1, 0.15) is 40.2 Å². The quantitative estimate of drug-likeness (QED) is 0.861. The van der Waals surface area contributed by atoms with E-state index < -0.39 is 0 Å². The second-order valence-electron chi connectivity index (χ2n) is 4.37. The van der Waals surface area contributed by atoms with Gasteiger partial charge in [0.25, 0.3) is 0 Å². The monoisotopic (exact) mass is 239 g/mol. The number of hydrogen-bond donors (Lipinski definition) is 1. The summed E-state index contributed by atoms with van der Waals surface area (Å²) in [6, 6.07) is 6.33. The molecule has 3 heteroatoms. The van der Waals surface area contributed by atoms with E-state index in [-0.39, 0.29) is 17.3 Å². The molecule has 1 aromatic rings. The molecule has 0 saturated heterocycles. The molecule has 0 atom stereocenters. The van der Waals surface area contributed by atoms with Crippen molar-refractivity contribution in [1.82, 2.24) is 5.32 Å². The van der Waals surface area contributed by atoms with Crippen LogP contribution < -0.4 is 5.32 Å². The van der Waals surface area contributed by atoms with Gasteiger partial charge >= 0.3 is 0 Å². The minimum atomic E-state index is -0.302. The van der Waals surface area contributed by atoms with Gasteiger partial charge in [0.1, 0.15) is 5.82 Å². The van der Waals surface area contributed by atoms with E-state index in [2.05, 4.69) is 5.32 Å². The zero-order chi connectivity index (χ0) is 13.5. The first kappa shape index (κ1) is 15.6. The summed E-state index contributed by atoms with van der Waals surface area (Å²) in [6.07, 6.45) is 0.687. The van der Waals surface area contributed by atoms with E-state index in [1.807, 2.05) is 27.7 Å². The van der Waals surface area contributed by atoms with Gasteiger partial charge in [-0.2, -0.15) is 0 Å². The van der Waals surface area contributed by atoms with Crippen LogP contribution in [-0.2, 0) is 11.2 Å². The highest BCUT2D eigenvalue weighted by molar-refractivity contribution is 5.73. The maximum atomic E-state index is 12.7. The van der Waals surface area contributed by atoms with Crippen LogP contribution in [0.5, 0.6) is 0 Å². The molecule has 0 unspecified atom stereocenters. The molecule has 0 aromatic heterocycles. The zero-order valence-corrected chi connectivity index (χ0v) is 11.3. The van der Waals surface area contributed by atoms with Crippen LogP contribution >= 0.6 is 0 Å². The van der Waals surface area contributed by atoms with Crippen LogP contribution in [0.2, 0.25) is 0 Å². The predicted octanol–water partition coefficient (Wildman–Crippen LogP) is 3.31. The van der Waals surface area contributed by atoms with E-state index in [1.54, 1.807) is 12.1 Å². The van der Waals surface area contributed by atoms with E-state index >= 15 is 0 Å². The summed E-state index contributed by atoms with van der Waals surface area (Å²) in [4.78, 5) is 10.9. The smallest absolute Gasteiger partial charge is 0.217 e. The number of rotatable bonds is 3. The summed E-state index contributed by atoms with van der Waals surface area (Å²) in [5.41, 5.74) is 0.707. The van der Waals surface area contributed by atoms with Crippen molar-refractivity contribution in [3.63, 3.8) is 0 Å². The van der Waals surface area contributed by atoms with E-state index in [0.29, 0.717) is 6.42 Å². The molecule has 1 amide bonds. The SMILES string of the molecule is CC.CC(=O)NC(C)(C)Cc1ccc(F)cc1. The van der Waals surface area contributed by atoms with Gasteiger partial charge in [0.2, 0.25) is 5.91 Å². The van der Waals surface area contributed by atoms with Gasteiger partial charge in [0.05, 0.1) is 0 Å². The van der Waals surface area contributed by atoms with Crippen molar-refractivity contribution in [2.75, 3.05) is 0 Å². The molecule has 0 saturated carbocycles. The Kier molecular flexibility index (Phi) is 6.47. The molecule has 0 heterocycles. The van der Waals surface area contributed by atoms with E-state index in [4.69, 9.17) is 0 Å². The third-order valence-electron chi connectivity index (χ3n) is 2.07. The van der Waals surface area contributed by atoms with Crippen molar-refractivity contribution in [2.24, 2.45) is 0 Å². The lowest BCUT2D eigenvalue weighted by atomic mass is 9.95. The zero-order valence-electron chi connectivity index (χ0n) is 11.3. The predicted molar refractivity (Wildman–Crippen MR) is 69.3 cm³/mol. The maximum absolute atomic E-state index is 12.7. The molecule has 96 valence electrons. The molecule has 0 fully saturated rings. The van der Waals surface area contributed by atoms with Gasteiger partial charge in [0.15, 0.2) is 0 Å². The normalized spacial score (nSPS) is 10.2. The molecule has 1 N–H and O–H groups in total. The molecule has 0 radical (unpaired) electrons. The molecule has 2 nitrogen and oxygen atoms in total. The van der Waals surface area contributed by atoms with Crippen LogP contribution in [0.3, 0.4) is 0 Å². The number of hydrogen-bond acceptors (Lipinski definition) is 1. The Morgan fingerprint density at radius 1 is 1.24 bits per heavy atom. The van der Waals surface area contributed by atoms with E-state index in [1.165, 1.54) is 19.1 Å². The second-order valence-corrected chi connectivity index (χ2v) is 4.37. The van der Waals surface area contributed by atoms with Crippen molar-refractivity contribution in [2.45, 2.75) is 46.6 Å². The van der Waals surface area contributed by atoms with Crippen LogP contribution in [0.4, 0.5) is 4.39 Å². The van der Waals surface area contributed by atoms with Crippen molar-refractivity contribution in [1.29, 1.82) is 0 Å². The van der Waals surface area contributed by atoms with Gasteiger partial charge in [-0.3, -0.25) is 4.79 Å². The van der Waals surface area contributed by atoms with Crippen molar-refractivity contribution in [3.05, 3.63) is 35.6 Å². The maximum Gasteiger partial charge on any atom is 0.217 e. The third kappa shape index (κ3) is 6.72. The Labute approximate surface area is 103 Å². The fraction of sp³-hybridized carbons (Fsp3) is 0.500. The lowest BCUT2D eigenvalue weighted by Crippen LogP contribution is -2.43. The Bertz CT molecular complexity index is 344. The minimum absolute atomic E-state index is 0.0536. The largest absolute Gasteiger partial charge is 0.351 e. The molecule has 0 aliphatic rings. The first-order valence-corrected chi connectivity index (χ1v) is 5.92. The van der Waals surface area contributed by atoms with Crippen LogP contribution in [0.25, 0.3) is 0 Å². The van der Waals surface area contributed by atoms with Crippen LogP contribution in [-0.4, -0.2) is 11.4 Å². The van der Waals surface area contributed by atoms with Crippen molar-refractivity contribution >= 4 is 5.91 Å². The molecule has 1 rings (SSSR count). The summed E-state index contributed by atoms with van der Waals surface area (Å²) in [5, 5.41) is 2.85. The van der Waals surface area contributed by atoms with Gasteiger partial charge in [-0.1, -0.05) is 26.0 Å². The second kappa shape index (κ2) is 7.05. The highest BCUT2D eigenvalue weighted by Crippen LogP contribution is 2.13. The Morgan fingerprint density at radius 2 is 1.71 bits per heavy atom. The van der Waals surface area contributed by atoms with E-state index in [0.717, 1.165) is 5.56 Å². The number of carbonyl (C=O) groups is 1. The van der Waals surface area contributed by atoms with Gasteiger partial charge in [-0.05, 0) is 38.0 Å². The molecule has 17 heavy (non-hydrogen) atoms. The Hall–Kier alpha value is -1.38. The Morgan fingerprint density at radius 3 is 2.12 bits per heavy atom. The molecule has 0 aliphatic heterocycles. The number of benzene rings is 1. The third-order valence-corrected chi connectivity index (χ3v) is 2.07. The van der Waals surface area contributed by atoms with Gasteiger partial charge < -0.3 is 5.32 Å². The number of carbonyl (C=O) groups excluding carboxylic acids is 1. The lowest BCUT2D eigenvalue weighted by Gasteiger charge is -2.25. The van der Waals surface area contributed by atoms with Crippen molar-refractivity contribution < 1.29 is 9.18 Å². The van der Waals surface area contributed by atoms with Gasteiger partial charge in [-0.25, -0.2) is 4.39 Å². The molecule has 0 aliphatic carbocycles. The summed E-state index contributed by atoms with van der Waals surface area (Å²) in [6.45, 7) is 9.38. The summed E-state index contributed by atoms with van der Waals surface area (Å²) in [7, 11) is 0. The number of halogens is 1. The fourth-order valence-corrected chi connectivity index (χ4v) is 1.63. The summed E-state index contributed by atoms with van der Waals surface area (Å²) in [5.74, 6) is -0.293. The van der Waals surface area contributed by atoms with Crippen LogP contribution in [0, 0.1) is 5.82 Å². The summed E-state index contributed by atoms with van der Waals surface area (Å²) < 4.78 is 12.7.